The summed E-state index contributed by atoms with van der Waals surface area (Å²) in [7, 11) is 0. The second-order valence-electron chi connectivity index (χ2n) is 2.78. The number of hydrogen-bond donors (Lipinski definition) is 3. The van der Waals surface area contributed by atoms with Crippen LogP contribution in [0.1, 0.15) is 12.8 Å². The molecule has 0 aliphatic rings. The number of amides is 3. The fraction of sp³-hybridized carbons (Fsp3) is 0.250. The number of carboxylic acid groups (broad SMARTS) is 1. The maximum Gasteiger partial charge on any atom is 0.327 e. The number of urea groups is 1. The van der Waals surface area contributed by atoms with Crippen LogP contribution in [0.4, 0.5) is 10.6 Å². The number of hydrogen-bond acceptors (Lipinski definition) is 5. The van der Waals surface area contributed by atoms with E-state index in [0.29, 0.717) is 0 Å². The van der Waals surface area contributed by atoms with Gasteiger partial charge in [-0.2, -0.15) is 0 Å². The highest BCUT2D eigenvalue weighted by molar-refractivity contribution is 6.01. The van der Waals surface area contributed by atoms with Crippen molar-refractivity contribution in [2.24, 2.45) is 0 Å². The van der Waals surface area contributed by atoms with E-state index in [0.717, 1.165) is 0 Å². The molecule has 0 aliphatic heterocycles. The summed E-state index contributed by atoms with van der Waals surface area (Å²) in [4.78, 5) is 32.2. The summed E-state index contributed by atoms with van der Waals surface area (Å²) >= 11 is 0. The maximum atomic E-state index is 11.1. The smallest absolute Gasteiger partial charge is 0.327 e. The Labute approximate surface area is 89.6 Å². The van der Waals surface area contributed by atoms with Crippen molar-refractivity contribution >= 4 is 23.7 Å². The van der Waals surface area contributed by atoms with Crippen LogP contribution in [0.3, 0.4) is 0 Å². The summed E-state index contributed by atoms with van der Waals surface area (Å²) in [5.74, 6) is -1.63. The minimum atomic E-state index is -1.10. The summed E-state index contributed by atoms with van der Waals surface area (Å²) in [5, 5.41) is 15.8. The van der Waals surface area contributed by atoms with Crippen molar-refractivity contribution in [2.75, 3.05) is 5.32 Å². The monoisotopic (exact) mass is 227 g/mol. The molecule has 3 N–H and O–H groups in total. The van der Waals surface area contributed by atoms with Crippen LogP contribution in [0, 0.1) is 0 Å². The van der Waals surface area contributed by atoms with Crippen LogP contribution in [-0.2, 0) is 9.59 Å². The Hall–Kier alpha value is -2.38. The Kier molecular flexibility index (Phi) is 4.01. The van der Waals surface area contributed by atoms with Crippen LogP contribution in [0.25, 0.3) is 0 Å². The van der Waals surface area contributed by atoms with E-state index in [2.05, 4.69) is 15.0 Å². The van der Waals surface area contributed by atoms with Gasteiger partial charge in [0.15, 0.2) is 5.82 Å². The van der Waals surface area contributed by atoms with E-state index in [9.17, 15) is 14.4 Å². The maximum absolute atomic E-state index is 11.1. The molecule has 0 atom stereocenters. The summed E-state index contributed by atoms with van der Waals surface area (Å²) in [6.45, 7) is 0. The number of anilines is 1. The third kappa shape index (κ3) is 4.22. The highest BCUT2D eigenvalue weighted by Gasteiger charge is 2.10. The van der Waals surface area contributed by atoms with Crippen LogP contribution in [0.2, 0.25) is 0 Å². The molecule has 0 spiro atoms. The second kappa shape index (κ2) is 5.49. The first-order chi connectivity index (χ1) is 7.58. The number of carbonyl (C=O) groups excluding carboxylic acids is 2. The fourth-order valence-electron chi connectivity index (χ4n) is 0.834. The number of carboxylic acids is 1. The summed E-state index contributed by atoms with van der Waals surface area (Å²) in [5.41, 5.74) is 0. The lowest BCUT2D eigenvalue weighted by Gasteiger charge is -2.02. The summed E-state index contributed by atoms with van der Waals surface area (Å²) < 4.78 is 4.44. The van der Waals surface area contributed by atoms with Crippen LogP contribution in [0.15, 0.2) is 16.9 Å². The molecular weight excluding hydrogens is 218 g/mol. The van der Waals surface area contributed by atoms with Gasteiger partial charge in [-0.1, -0.05) is 5.16 Å². The molecule has 0 aliphatic carbocycles. The molecule has 1 heterocycles. The molecule has 1 aromatic rings. The first-order valence-electron chi connectivity index (χ1n) is 4.31. The zero-order valence-corrected chi connectivity index (χ0v) is 8.10. The average Bonchev–Trinajstić information content (AvgIpc) is 2.67. The SMILES string of the molecule is O=C(O)CCC(=O)NC(=O)Nc1ccon1. The number of aromatic nitrogens is 1. The number of aliphatic carboxylic acids is 1. The topological polar surface area (TPSA) is 122 Å². The lowest BCUT2D eigenvalue weighted by molar-refractivity contribution is -0.138. The van der Waals surface area contributed by atoms with Gasteiger partial charge in [0.1, 0.15) is 6.26 Å². The molecule has 8 nitrogen and oxygen atoms in total. The number of carbonyl (C=O) groups is 3. The van der Waals surface area contributed by atoms with Gasteiger partial charge < -0.3 is 9.63 Å². The lowest BCUT2D eigenvalue weighted by atomic mass is 10.3. The number of nitrogens with one attached hydrogen (secondary N) is 2. The molecule has 3 amide bonds. The molecule has 0 bridgehead atoms. The average molecular weight is 227 g/mol. The Morgan fingerprint density at radius 3 is 2.69 bits per heavy atom. The number of rotatable bonds is 4. The molecule has 16 heavy (non-hydrogen) atoms. The van der Waals surface area contributed by atoms with Crippen molar-refractivity contribution in [1.82, 2.24) is 10.5 Å². The Balaban J connectivity index is 2.29. The lowest BCUT2D eigenvalue weighted by Crippen LogP contribution is -2.34. The Bertz CT molecular complexity index is 386. The highest BCUT2D eigenvalue weighted by atomic mass is 16.5. The largest absolute Gasteiger partial charge is 0.481 e. The predicted octanol–water partition coefficient (Wildman–Crippen LogP) is 0.187. The molecule has 1 aromatic heterocycles. The fourth-order valence-corrected chi connectivity index (χ4v) is 0.834. The minimum absolute atomic E-state index is 0.156. The van der Waals surface area contributed by atoms with Crippen LogP contribution in [-0.4, -0.2) is 28.2 Å². The van der Waals surface area contributed by atoms with Gasteiger partial charge in [0.25, 0.3) is 0 Å². The molecule has 0 saturated carbocycles. The standard InChI is InChI=1S/C8H9N3O5/c12-6(1-2-7(13)14)10-8(15)9-5-3-4-16-11-5/h3-4H,1-2H2,(H,13,14)(H2,9,10,11,12,15). The third-order valence-corrected chi connectivity index (χ3v) is 1.50. The van der Waals surface area contributed by atoms with Gasteiger partial charge in [-0.15, -0.1) is 0 Å². The van der Waals surface area contributed by atoms with E-state index >= 15 is 0 Å². The van der Waals surface area contributed by atoms with E-state index in [1.54, 1.807) is 0 Å². The molecule has 0 saturated heterocycles. The van der Waals surface area contributed by atoms with Crippen LogP contribution in [0.5, 0.6) is 0 Å². The van der Waals surface area contributed by atoms with Crippen molar-refractivity contribution in [2.45, 2.75) is 12.8 Å². The molecule has 0 fully saturated rings. The Morgan fingerprint density at radius 1 is 1.38 bits per heavy atom. The third-order valence-electron chi connectivity index (χ3n) is 1.50. The Morgan fingerprint density at radius 2 is 2.12 bits per heavy atom. The number of imide groups is 1. The van der Waals surface area contributed by atoms with E-state index in [1.165, 1.54) is 12.3 Å². The predicted molar refractivity (Wildman–Crippen MR) is 50.5 cm³/mol. The van der Waals surface area contributed by atoms with Crippen LogP contribution < -0.4 is 10.6 Å². The van der Waals surface area contributed by atoms with E-state index in [4.69, 9.17) is 5.11 Å². The molecule has 1 rings (SSSR count). The zero-order valence-electron chi connectivity index (χ0n) is 8.10. The summed E-state index contributed by atoms with van der Waals surface area (Å²) in [6.07, 6.45) is 0.659. The summed E-state index contributed by atoms with van der Waals surface area (Å²) in [6, 6.07) is 0.602. The van der Waals surface area contributed by atoms with Gasteiger partial charge in [-0.05, 0) is 0 Å². The van der Waals surface area contributed by atoms with Gasteiger partial charge in [0.05, 0.1) is 6.42 Å². The first-order valence-corrected chi connectivity index (χ1v) is 4.31. The molecule has 0 unspecified atom stereocenters. The molecule has 0 radical (unpaired) electrons. The van der Waals surface area contributed by atoms with Gasteiger partial charge >= 0.3 is 12.0 Å². The van der Waals surface area contributed by atoms with Crippen molar-refractivity contribution < 1.29 is 24.0 Å². The molecule has 86 valence electrons. The van der Waals surface area contributed by atoms with Crippen molar-refractivity contribution in [3.63, 3.8) is 0 Å². The van der Waals surface area contributed by atoms with Gasteiger partial charge in [0.2, 0.25) is 5.91 Å². The van der Waals surface area contributed by atoms with Crippen molar-refractivity contribution in [1.29, 1.82) is 0 Å². The van der Waals surface area contributed by atoms with Gasteiger partial charge in [-0.3, -0.25) is 20.2 Å². The first kappa shape index (κ1) is 11.7. The quantitative estimate of drug-likeness (QED) is 0.674. The minimum Gasteiger partial charge on any atom is -0.481 e. The number of nitrogens with zero attached hydrogens (tertiary/aromatic N) is 1. The second-order valence-corrected chi connectivity index (χ2v) is 2.78. The van der Waals surface area contributed by atoms with Gasteiger partial charge in [-0.25, -0.2) is 4.79 Å². The van der Waals surface area contributed by atoms with E-state index in [1.807, 2.05) is 5.32 Å². The van der Waals surface area contributed by atoms with Crippen molar-refractivity contribution in [3.05, 3.63) is 12.3 Å². The molecule has 0 aromatic carbocycles. The van der Waals surface area contributed by atoms with Crippen LogP contribution >= 0.6 is 0 Å². The normalized spacial score (nSPS) is 9.50. The molecule has 8 heteroatoms. The van der Waals surface area contributed by atoms with Crippen molar-refractivity contribution in [3.8, 4) is 0 Å². The van der Waals surface area contributed by atoms with Gasteiger partial charge in [0, 0.05) is 12.5 Å². The zero-order chi connectivity index (χ0) is 12.0. The highest BCUT2D eigenvalue weighted by Crippen LogP contribution is 2.00. The molecular formula is C8H9N3O5. The van der Waals surface area contributed by atoms with E-state index < -0.39 is 17.9 Å². The van der Waals surface area contributed by atoms with E-state index in [-0.39, 0.29) is 18.7 Å².